The molecule has 1 saturated carbocycles. The lowest BCUT2D eigenvalue weighted by atomic mass is 9.84. The third-order valence-electron chi connectivity index (χ3n) is 4.88. The molecule has 0 heterocycles. The van der Waals surface area contributed by atoms with Crippen molar-refractivity contribution in [2.75, 3.05) is 13.2 Å². The summed E-state index contributed by atoms with van der Waals surface area (Å²) in [6.07, 6.45) is 5.63. The molecule has 1 aromatic rings. The smallest absolute Gasteiger partial charge is 0.216 e. The fraction of sp³-hybridized carbons (Fsp3) is 0.632. The Morgan fingerprint density at radius 3 is 2.61 bits per heavy atom. The van der Waals surface area contributed by atoms with Gasteiger partial charge in [0.15, 0.2) is 0 Å². The van der Waals surface area contributed by atoms with Crippen molar-refractivity contribution >= 4 is 5.91 Å². The van der Waals surface area contributed by atoms with E-state index in [2.05, 4.69) is 41.8 Å². The lowest BCUT2D eigenvalue weighted by Gasteiger charge is -2.33. The molecule has 0 radical (unpaired) electrons. The maximum absolute atomic E-state index is 10.9. The zero-order chi connectivity index (χ0) is 16.7. The van der Waals surface area contributed by atoms with E-state index in [4.69, 9.17) is 0 Å². The number of amides is 1. The summed E-state index contributed by atoms with van der Waals surface area (Å²) >= 11 is 0. The summed E-state index contributed by atoms with van der Waals surface area (Å²) in [4.78, 5) is 10.9. The Hall–Kier alpha value is -1.39. The summed E-state index contributed by atoms with van der Waals surface area (Å²) in [5.41, 5.74) is 2.51. The van der Waals surface area contributed by atoms with Crippen LogP contribution >= 0.6 is 0 Å². The Morgan fingerprint density at radius 1 is 1.26 bits per heavy atom. The summed E-state index contributed by atoms with van der Waals surface area (Å²) < 4.78 is 0. The normalized spacial score (nSPS) is 22.6. The molecule has 4 heteroatoms. The van der Waals surface area contributed by atoms with Gasteiger partial charge in [0.05, 0.1) is 0 Å². The first-order valence-corrected chi connectivity index (χ1v) is 8.80. The van der Waals surface area contributed by atoms with Crippen LogP contribution in [0.1, 0.15) is 56.7 Å². The molecule has 0 aliphatic heterocycles. The van der Waals surface area contributed by atoms with E-state index in [-0.39, 0.29) is 18.6 Å². The van der Waals surface area contributed by atoms with Crippen molar-refractivity contribution in [3.63, 3.8) is 0 Å². The van der Waals surface area contributed by atoms with E-state index < -0.39 is 0 Å². The van der Waals surface area contributed by atoms with Crippen molar-refractivity contribution in [2.45, 2.75) is 58.0 Å². The van der Waals surface area contributed by atoms with Crippen molar-refractivity contribution in [3.8, 4) is 0 Å². The van der Waals surface area contributed by atoms with Gasteiger partial charge < -0.3 is 15.7 Å². The van der Waals surface area contributed by atoms with Gasteiger partial charge in [-0.05, 0) is 43.2 Å². The van der Waals surface area contributed by atoms with Gasteiger partial charge >= 0.3 is 0 Å². The van der Waals surface area contributed by atoms with Crippen molar-refractivity contribution in [1.82, 2.24) is 10.6 Å². The second kappa shape index (κ2) is 9.04. The highest BCUT2D eigenvalue weighted by atomic mass is 16.3. The Kier molecular flexibility index (Phi) is 7.06. The van der Waals surface area contributed by atoms with Crippen LogP contribution in [-0.2, 0) is 11.2 Å². The van der Waals surface area contributed by atoms with Gasteiger partial charge in [-0.15, -0.1) is 0 Å². The average Bonchev–Trinajstić information content (AvgIpc) is 2.55. The number of carbonyl (C=O) groups excluding carboxylic acids is 1. The van der Waals surface area contributed by atoms with E-state index in [0.29, 0.717) is 18.5 Å². The number of hydrogen-bond acceptors (Lipinski definition) is 3. The average molecular weight is 318 g/mol. The summed E-state index contributed by atoms with van der Waals surface area (Å²) in [7, 11) is 0. The van der Waals surface area contributed by atoms with E-state index >= 15 is 0 Å². The first-order chi connectivity index (χ1) is 11.1. The van der Waals surface area contributed by atoms with Gasteiger partial charge in [0.1, 0.15) is 0 Å². The molecule has 0 saturated heterocycles. The molecule has 1 aromatic carbocycles. The molecule has 1 aliphatic rings. The maximum atomic E-state index is 10.9. The molecular weight excluding hydrogens is 288 g/mol. The largest absolute Gasteiger partial charge is 0.396 e. The third kappa shape index (κ3) is 5.63. The predicted octanol–water partition coefficient (Wildman–Crippen LogP) is 2.57. The second-order valence-electron chi connectivity index (χ2n) is 6.70. The van der Waals surface area contributed by atoms with Crippen LogP contribution in [0, 0.1) is 5.92 Å². The fourth-order valence-corrected chi connectivity index (χ4v) is 3.42. The van der Waals surface area contributed by atoms with Crippen LogP contribution in [0.25, 0.3) is 0 Å². The van der Waals surface area contributed by atoms with Crippen LogP contribution < -0.4 is 10.6 Å². The Balaban J connectivity index is 1.86. The van der Waals surface area contributed by atoms with Crippen LogP contribution in [0.3, 0.4) is 0 Å². The van der Waals surface area contributed by atoms with Gasteiger partial charge in [0.2, 0.25) is 5.91 Å². The summed E-state index contributed by atoms with van der Waals surface area (Å²) in [5.74, 6) is 0.411. The minimum Gasteiger partial charge on any atom is -0.396 e. The molecule has 3 N–H and O–H groups in total. The monoisotopic (exact) mass is 318 g/mol. The predicted molar refractivity (Wildman–Crippen MR) is 93.2 cm³/mol. The van der Waals surface area contributed by atoms with E-state index in [0.717, 1.165) is 19.3 Å². The van der Waals surface area contributed by atoms with E-state index in [1.54, 1.807) is 6.92 Å². The first kappa shape index (κ1) is 18.0. The molecular formula is C19H30N2O2. The number of aliphatic hydroxyl groups excluding tert-OH is 1. The zero-order valence-corrected chi connectivity index (χ0v) is 14.3. The van der Waals surface area contributed by atoms with Crippen molar-refractivity contribution in [3.05, 3.63) is 35.4 Å². The van der Waals surface area contributed by atoms with Crippen molar-refractivity contribution < 1.29 is 9.90 Å². The molecule has 23 heavy (non-hydrogen) atoms. The molecule has 128 valence electrons. The van der Waals surface area contributed by atoms with E-state index in [1.165, 1.54) is 24.0 Å². The summed E-state index contributed by atoms with van der Waals surface area (Å²) in [6, 6.07) is 9.31. The molecule has 0 spiro atoms. The van der Waals surface area contributed by atoms with Crippen LogP contribution in [0.15, 0.2) is 24.3 Å². The van der Waals surface area contributed by atoms with Crippen LogP contribution in [0.4, 0.5) is 0 Å². The molecule has 4 nitrogen and oxygen atoms in total. The number of rotatable bonds is 7. The summed E-state index contributed by atoms with van der Waals surface area (Å²) in [6.45, 7) is 4.70. The number of carbonyl (C=O) groups is 1. The third-order valence-corrected chi connectivity index (χ3v) is 4.88. The van der Waals surface area contributed by atoms with Crippen LogP contribution in [0.2, 0.25) is 0 Å². The van der Waals surface area contributed by atoms with Gasteiger partial charge in [-0.1, -0.05) is 37.1 Å². The zero-order valence-electron chi connectivity index (χ0n) is 14.3. The van der Waals surface area contributed by atoms with Gasteiger partial charge in [-0.2, -0.15) is 0 Å². The number of aliphatic hydroxyl groups is 1. The number of nitrogens with one attached hydrogen (secondary N) is 2. The minimum absolute atomic E-state index is 0.0189. The molecule has 1 amide bonds. The van der Waals surface area contributed by atoms with Gasteiger partial charge in [0.25, 0.3) is 0 Å². The molecule has 0 bridgehead atoms. The molecule has 2 rings (SSSR count). The highest BCUT2D eigenvalue weighted by molar-refractivity contribution is 5.72. The second-order valence-corrected chi connectivity index (χ2v) is 6.70. The standard InChI is InChI=1S/C19H30N2O2/c1-14(21-19-6-4-3-5-18(19)13-22)17-9-7-16(8-10-17)11-12-20-15(2)23/h7-10,14,18-19,21-22H,3-6,11-13H2,1-2H3,(H,20,23). The Labute approximate surface area is 139 Å². The highest BCUT2D eigenvalue weighted by Crippen LogP contribution is 2.26. The maximum Gasteiger partial charge on any atom is 0.216 e. The SMILES string of the molecule is CC(=O)NCCc1ccc(C(C)NC2CCCCC2CO)cc1. The fourth-order valence-electron chi connectivity index (χ4n) is 3.42. The quantitative estimate of drug-likeness (QED) is 0.724. The molecule has 1 aliphatic carbocycles. The number of hydrogen-bond donors (Lipinski definition) is 3. The van der Waals surface area contributed by atoms with Gasteiger partial charge in [-0.25, -0.2) is 0 Å². The van der Waals surface area contributed by atoms with Crippen LogP contribution in [-0.4, -0.2) is 30.2 Å². The first-order valence-electron chi connectivity index (χ1n) is 8.80. The Bertz CT molecular complexity index is 487. The lowest BCUT2D eigenvalue weighted by Crippen LogP contribution is -2.41. The van der Waals surface area contributed by atoms with Crippen molar-refractivity contribution in [1.29, 1.82) is 0 Å². The topological polar surface area (TPSA) is 61.4 Å². The Morgan fingerprint density at radius 2 is 1.96 bits per heavy atom. The van der Waals surface area contributed by atoms with E-state index in [9.17, 15) is 9.90 Å². The lowest BCUT2D eigenvalue weighted by molar-refractivity contribution is -0.118. The number of benzene rings is 1. The summed E-state index contributed by atoms with van der Waals surface area (Å²) in [5, 5.41) is 16.1. The molecule has 3 atom stereocenters. The van der Waals surface area contributed by atoms with Gasteiger partial charge in [0, 0.05) is 32.2 Å². The molecule has 1 fully saturated rings. The highest BCUT2D eigenvalue weighted by Gasteiger charge is 2.25. The van der Waals surface area contributed by atoms with E-state index in [1.807, 2.05) is 0 Å². The van der Waals surface area contributed by atoms with Crippen molar-refractivity contribution in [2.24, 2.45) is 5.92 Å². The molecule has 3 unspecified atom stereocenters. The van der Waals surface area contributed by atoms with Crippen LogP contribution in [0.5, 0.6) is 0 Å². The molecule has 0 aromatic heterocycles. The minimum atomic E-state index is 0.0189. The van der Waals surface area contributed by atoms with Gasteiger partial charge in [-0.3, -0.25) is 4.79 Å².